The van der Waals surface area contributed by atoms with Crippen LogP contribution in [-0.4, -0.2) is 54.0 Å². The number of halogens is 3. The van der Waals surface area contributed by atoms with E-state index in [1.807, 2.05) is 4.90 Å². The molecule has 34 heavy (non-hydrogen) atoms. The molecule has 1 saturated heterocycles. The van der Waals surface area contributed by atoms with E-state index >= 15 is 0 Å². The number of anilines is 2. The van der Waals surface area contributed by atoms with Crippen molar-refractivity contribution in [3.05, 3.63) is 52.2 Å². The minimum absolute atomic E-state index is 0.156. The molecule has 1 N–H and O–H groups in total. The number of hydrogen-bond acceptors (Lipinski definition) is 7. The topological polar surface area (TPSA) is 118 Å². The van der Waals surface area contributed by atoms with Crippen LogP contribution in [0.4, 0.5) is 30.4 Å². The zero-order chi connectivity index (χ0) is 24.5. The van der Waals surface area contributed by atoms with Gasteiger partial charge in [-0.1, -0.05) is 0 Å². The number of carbonyl (C=O) groups excluding carboxylic acids is 2. The van der Waals surface area contributed by atoms with E-state index in [-0.39, 0.29) is 36.3 Å². The highest BCUT2D eigenvalue weighted by Gasteiger charge is 2.32. The zero-order valence-electron chi connectivity index (χ0n) is 17.7. The number of non-ortho nitro benzene ring substituents is 1. The van der Waals surface area contributed by atoms with Gasteiger partial charge in [0.15, 0.2) is 6.61 Å². The Morgan fingerprint density at radius 1 is 1.24 bits per heavy atom. The first-order chi connectivity index (χ1) is 16.1. The number of nitro benzene ring substituents is 1. The number of alkyl halides is 3. The number of amides is 2. The number of nitro groups is 1. The monoisotopic (exact) mass is 479 g/mol. The number of pyridine rings is 1. The molecule has 1 fully saturated rings. The Balaban J connectivity index is 1.34. The molecule has 3 heterocycles. The predicted octanol–water partition coefficient (Wildman–Crippen LogP) is 2.52. The third-order valence-electron chi connectivity index (χ3n) is 5.66. The van der Waals surface area contributed by atoms with Crippen molar-refractivity contribution in [2.45, 2.75) is 25.1 Å². The number of piperidine rings is 1. The van der Waals surface area contributed by atoms with Gasteiger partial charge in [0, 0.05) is 37.5 Å². The number of ether oxygens (including phenoxy) is 1. The minimum Gasteiger partial charge on any atom is -0.482 e. The van der Waals surface area contributed by atoms with E-state index in [2.05, 4.69) is 10.3 Å². The molecule has 0 bridgehead atoms. The lowest BCUT2D eigenvalue weighted by atomic mass is 10.0. The Labute approximate surface area is 191 Å². The number of benzene rings is 1. The molecule has 13 heteroatoms. The summed E-state index contributed by atoms with van der Waals surface area (Å²) < 4.78 is 43.4. The quantitative estimate of drug-likeness (QED) is 0.517. The summed E-state index contributed by atoms with van der Waals surface area (Å²) in [5, 5.41) is 13.9. The summed E-state index contributed by atoms with van der Waals surface area (Å²) in [6.45, 7) is 0.358. The highest BCUT2D eigenvalue weighted by Crippen LogP contribution is 2.35. The summed E-state index contributed by atoms with van der Waals surface area (Å²) in [6.07, 6.45) is -2.58. The summed E-state index contributed by atoms with van der Waals surface area (Å²) in [5.74, 6) is -0.226. The molecule has 1 aromatic carbocycles. The summed E-state index contributed by atoms with van der Waals surface area (Å²) >= 11 is 0. The number of carbonyl (C=O) groups is 2. The fourth-order valence-corrected chi connectivity index (χ4v) is 3.89. The van der Waals surface area contributed by atoms with Gasteiger partial charge in [-0.3, -0.25) is 24.6 Å². The first-order valence-corrected chi connectivity index (χ1v) is 10.4. The van der Waals surface area contributed by atoms with Crippen molar-refractivity contribution in [3.63, 3.8) is 0 Å². The van der Waals surface area contributed by atoms with Crippen LogP contribution in [0.1, 0.15) is 18.4 Å². The molecule has 10 nitrogen and oxygen atoms in total. The number of nitrogens with one attached hydrogen (secondary N) is 1. The maximum absolute atomic E-state index is 12.7. The molecule has 180 valence electrons. The van der Waals surface area contributed by atoms with Gasteiger partial charge in [0.1, 0.15) is 18.1 Å². The minimum atomic E-state index is -4.45. The zero-order valence-corrected chi connectivity index (χ0v) is 17.7. The van der Waals surface area contributed by atoms with Crippen molar-refractivity contribution in [1.29, 1.82) is 0 Å². The van der Waals surface area contributed by atoms with Crippen LogP contribution in [-0.2, 0) is 15.8 Å². The summed E-state index contributed by atoms with van der Waals surface area (Å²) in [5.41, 5.74) is -0.890. The summed E-state index contributed by atoms with van der Waals surface area (Å²) in [4.78, 5) is 42.3. The van der Waals surface area contributed by atoms with Crippen LogP contribution >= 0.6 is 0 Å². The normalized spacial score (nSPS) is 16.6. The second-order valence-electron chi connectivity index (χ2n) is 7.91. The molecule has 0 spiro atoms. The largest absolute Gasteiger partial charge is 0.482 e. The van der Waals surface area contributed by atoms with Gasteiger partial charge in [0.2, 0.25) is 5.91 Å². The van der Waals surface area contributed by atoms with E-state index in [9.17, 15) is 32.9 Å². The van der Waals surface area contributed by atoms with Gasteiger partial charge in [-0.15, -0.1) is 0 Å². The van der Waals surface area contributed by atoms with E-state index in [1.165, 1.54) is 24.3 Å². The van der Waals surface area contributed by atoms with Crippen LogP contribution in [0.3, 0.4) is 0 Å². The molecule has 2 aromatic rings. The highest BCUT2D eigenvalue weighted by molar-refractivity contribution is 6.02. The number of hydrogen-bond donors (Lipinski definition) is 1. The van der Waals surface area contributed by atoms with Gasteiger partial charge in [-0.2, -0.15) is 13.2 Å². The molecule has 1 aromatic heterocycles. The predicted molar refractivity (Wildman–Crippen MR) is 114 cm³/mol. The summed E-state index contributed by atoms with van der Waals surface area (Å²) in [7, 11) is 0. The Kier molecular flexibility index (Phi) is 6.26. The van der Waals surface area contributed by atoms with Crippen molar-refractivity contribution in [2.75, 3.05) is 36.0 Å². The van der Waals surface area contributed by atoms with Crippen LogP contribution in [0.15, 0.2) is 36.5 Å². The number of rotatable bonds is 5. The SMILES string of the molecule is O=C(CN1C(=O)COc2ccc([N+](=O)[O-])cc21)NC1CCN(c2ccc(C(F)(F)F)cn2)CC1. The Bertz CT molecular complexity index is 1100. The fourth-order valence-electron chi connectivity index (χ4n) is 3.89. The molecule has 0 unspecified atom stereocenters. The second-order valence-corrected chi connectivity index (χ2v) is 7.91. The fraction of sp³-hybridized carbons (Fsp3) is 0.381. The first-order valence-electron chi connectivity index (χ1n) is 10.4. The summed E-state index contributed by atoms with van der Waals surface area (Å²) in [6, 6.07) is 5.94. The highest BCUT2D eigenvalue weighted by atomic mass is 19.4. The Hall–Kier alpha value is -3.90. The van der Waals surface area contributed by atoms with Crippen LogP contribution in [0.2, 0.25) is 0 Å². The molecular weight excluding hydrogens is 459 g/mol. The molecule has 0 atom stereocenters. The first kappa shape index (κ1) is 23.3. The molecule has 0 aliphatic carbocycles. The van der Waals surface area contributed by atoms with E-state index in [0.717, 1.165) is 17.2 Å². The number of aromatic nitrogens is 1. The molecule has 0 saturated carbocycles. The van der Waals surface area contributed by atoms with Crippen molar-refractivity contribution >= 4 is 29.0 Å². The van der Waals surface area contributed by atoms with Gasteiger partial charge >= 0.3 is 6.18 Å². The van der Waals surface area contributed by atoms with Gasteiger partial charge in [0.05, 0.1) is 16.2 Å². The molecule has 2 amide bonds. The number of fused-ring (bicyclic) bond motifs is 1. The maximum atomic E-state index is 12.7. The van der Waals surface area contributed by atoms with E-state index < -0.39 is 28.5 Å². The molecule has 2 aliphatic heterocycles. The van der Waals surface area contributed by atoms with Gasteiger partial charge < -0.3 is 15.0 Å². The van der Waals surface area contributed by atoms with Crippen molar-refractivity contribution in [3.8, 4) is 5.75 Å². The third-order valence-corrected chi connectivity index (χ3v) is 5.66. The van der Waals surface area contributed by atoms with Gasteiger partial charge in [-0.05, 0) is 31.0 Å². The smallest absolute Gasteiger partial charge is 0.417 e. The maximum Gasteiger partial charge on any atom is 0.417 e. The van der Waals surface area contributed by atoms with Crippen LogP contribution in [0.5, 0.6) is 5.75 Å². The molecule has 2 aliphatic rings. The van der Waals surface area contributed by atoms with Crippen molar-refractivity contribution in [2.24, 2.45) is 0 Å². The Morgan fingerprint density at radius 2 is 1.97 bits per heavy atom. The lowest BCUT2D eigenvalue weighted by Gasteiger charge is -2.34. The van der Waals surface area contributed by atoms with E-state index in [0.29, 0.717) is 31.7 Å². The molecule has 0 radical (unpaired) electrons. The average Bonchev–Trinajstić information content (AvgIpc) is 2.80. The average molecular weight is 479 g/mol. The van der Waals surface area contributed by atoms with E-state index in [4.69, 9.17) is 4.74 Å². The number of nitrogens with zero attached hydrogens (tertiary/aromatic N) is 4. The lowest BCUT2D eigenvalue weighted by molar-refractivity contribution is -0.384. The molecule has 4 rings (SSSR count). The van der Waals surface area contributed by atoms with Crippen LogP contribution < -0.4 is 19.9 Å². The third kappa shape index (κ3) is 5.02. The van der Waals surface area contributed by atoms with Gasteiger partial charge in [0.25, 0.3) is 11.6 Å². The van der Waals surface area contributed by atoms with Crippen LogP contribution in [0.25, 0.3) is 0 Å². The van der Waals surface area contributed by atoms with Crippen LogP contribution in [0, 0.1) is 10.1 Å². The second kappa shape index (κ2) is 9.15. The lowest BCUT2D eigenvalue weighted by Crippen LogP contribution is -2.50. The van der Waals surface area contributed by atoms with Gasteiger partial charge in [-0.25, -0.2) is 4.98 Å². The van der Waals surface area contributed by atoms with Crippen molar-refractivity contribution in [1.82, 2.24) is 10.3 Å². The standard InChI is InChI=1S/C21H20F3N5O5/c22-21(23,24)13-1-4-18(25-10-13)27-7-5-14(6-8-27)26-19(30)11-28-16-9-15(29(32)33)2-3-17(16)34-12-20(28)31/h1-4,9-10,14H,5-8,11-12H2,(H,26,30). The van der Waals surface area contributed by atoms with E-state index in [1.54, 1.807) is 0 Å². The van der Waals surface area contributed by atoms with Crippen molar-refractivity contribution < 1.29 is 32.4 Å². The molecular formula is C21H20F3N5O5. The Morgan fingerprint density at radius 3 is 2.59 bits per heavy atom.